The van der Waals surface area contributed by atoms with Crippen LogP contribution in [0.2, 0.25) is 0 Å². The lowest BCUT2D eigenvalue weighted by atomic mass is 10.0. The maximum Gasteiger partial charge on any atom is 0.276 e. The zero-order valence-electron chi connectivity index (χ0n) is 21.6. The number of benzene rings is 2. The number of aromatic nitrogens is 2. The molecular formula is C28H32N6O4. The number of ether oxygens (including phenoxy) is 2. The van der Waals surface area contributed by atoms with Crippen LogP contribution in [0.3, 0.4) is 0 Å². The van der Waals surface area contributed by atoms with Gasteiger partial charge in [-0.3, -0.25) is 19.2 Å². The summed E-state index contributed by atoms with van der Waals surface area (Å²) < 4.78 is 12.5. The zero-order valence-corrected chi connectivity index (χ0v) is 21.6. The molecule has 0 saturated carbocycles. The molecule has 4 heterocycles. The van der Waals surface area contributed by atoms with Crippen LogP contribution >= 0.6 is 0 Å². The SMILES string of the molecule is Cc1ccc(N2CCc3c(N)nn(CCC(=O)N4CCN(Cc5ccc6c(c5)OCO6)CC4)c3C2=O)cc1. The average Bonchev–Trinajstić information content (AvgIpc) is 3.52. The van der Waals surface area contributed by atoms with Crippen LogP contribution in [-0.2, 0) is 24.3 Å². The van der Waals surface area contributed by atoms with Gasteiger partial charge in [0.1, 0.15) is 11.5 Å². The smallest absolute Gasteiger partial charge is 0.276 e. The minimum Gasteiger partial charge on any atom is -0.454 e. The third kappa shape index (κ3) is 4.67. The van der Waals surface area contributed by atoms with E-state index in [2.05, 4.69) is 16.1 Å². The minimum absolute atomic E-state index is 0.0641. The summed E-state index contributed by atoms with van der Waals surface area (Å²) in [7, 11) is 0. The van der Waals surface area contributed by atoms with E-state index in [0.717, 1.165) is 47.9 Å². The number of carbonyl (C=O) groups is 2. The number of hydrogen-bond acceptors (Lipinski definition) is 7. The number of rotatable bonds is 6. The molecule has 3 aliphatic rings. The van der Waals surface area contributed by atoms with Gasteiger partial charge in [0, 0.05) is 56.9 Å². The fourth-order valence-electron chi connectivity index (χ4n) is 5.40. The normalized spacial score (nSPS) is 17.1. The molecule has 198 valence electrons. The molecule has 0 bridgehead atoms. The number of hydrogen-bond donors (Lipinski definition) is 1. The fourth-order valence-corrected chi connectivity index (χ4v) is 5.40. The van der Waals surface area contributed by atoms with E-state index in [9.17, 15) is 9.59 Å². The molecule has 10 nitrogen and oxygen atoms in total. The first-order chi connectivity index (χ1) is 18.5. The summed E-state index contributed by atoms with van der Waals surface area (Å²) >= 11 is 0. The van der Waals surface area contributed by atoms with Gasteiger partial charge in [-0.25, -0.2) is 0 Å². The first kappa shape index (κ1) is 24.3. The topological polar surface area (TPSA) is 106 Å². The molecule has 0 radical (unpaired) electrons. The highest BCUT2D eigenvalue weighted by Crippen LogP contribution is 2.33. The van der Waals surface area contributed by atoms with E-state index >= 15 is 0 Å². The fraction of sp³-hybridized carbons (Fsp3) is 0.393. The van der Waals surface area contributed by atoms with Crippen molar-refractivity contribution < 1.29 is 19.1 Å². The third-order valence-electron chi connectivity index (χ3n) is 7.57. The van der Waals surface area contributed by atoms with Crippen molar-refractivity contribution in [2.24, 2.45) is 0 Å². The van der Waals surface area contributed by atoms with Gasteiger partial charge in [-0.05, 0) is 43.2 Å². The van der Waals surface area contributed by atoms with Gasteiger partial charge in [-0.2, -0.15) is 5.10 Å². The Morgan fingerprint density at radius 3 is 2.55 bits per heavy atom. The molecule has 1 fully saturated rings. The number of amides is 2. The molecule has 0 aliphatic carbocycles. The molecule has 38 heavy (non-hydrogen) atoms. The Bertz CT molecular complexity index is 1360. The molecule has 0 unspecified atom stereocenters. The van der Waals surface area contributed by atoms with E-state index in [-0.39, 0.29) is 25.0 Å². The van der Waals surface area contributed by atoms with E-state index in [1.165, 1.54) is 5.56 Å². The first-order valence-electron chi connectivity index (χ1n) is 13.1. The van der Waals surface area contributed by atoms with Crippen LogP contribution in [-0.4, -0.2) is 70.9 Å². The number of nitrogen functional groups attached to an aromatic ring is 1. The summed E-state index contributed by atoms with van der Waals surface area (Å²) in [6, 6.07) is 13.9. The summed E-state index contributed by atoms with van der Waals surface area (Å²) in [5, 5.41) is 4.43. The van der Waals surface area contributed by atoms with Gasteiger partial charge in [-0.15, -0.1) is 0 Å². The number of piperazine rings is 1. The molecule has 1 aromatic heterocycles. The minimum atomic E-state index is -0.121. The number of nitrogens with two attached hydrogens (primary N) is 1. The molecule has 0 spiro atoms. The van der Waals surface area contributed by atoms with Crippen LogP contribution < -0.4 is 20.1 Å². The van der Waals surface area contributed by atoms with Crippen molar-refractivity contribution in [1.29, 1.82) is 0 Å². The molecule has 2 N–H and O–H groups in total. The molecule has 3 aromatic rings. The number of carbonyl (C=O) groups excluding carboxylic acids is 2. The van der Waals surface area contributed by atoms with Crippen molar-refractivity contribution in [2.45, 2.75) is 32.9 Å². The molecular weight excluding hydrogens is 484 g/mol. The van der Waals surface area contributed by atoms with Gasteiger partial charge in [0.2, 0.25) is 12.7 Å². The Kier molecular flexibility index (Phi) is 6.40. The van der Waals surface area contributed by atoms with Crippen molar-refractivity contribution >= 4 is 23.3 Å². The van der Waals surface area contributed by atoms with Crippen molar-refractivity contribution in [3.8, 4) is 11.5 Å². The third-order valence-corrected chi connectivity index (χ3v) is 7.57. The first-order valence-corrected chi connectivity index (χ1v) is 13.1. The summed E-state index contributed by atoms with van der Waals surface area (Å²) in [6.07, 6.45) is 0.910. The molecule has 6 rings (SSSR count). The summed E-state index contributed by atoms with van der Waals surface area (Å²) in [4.78, 5) is 32.5. The number of fused-ring (bicyclic) bond motifs is 2. The summed E-state index contributed by atoms with van der Waals surface area (Å²) in [6.45, 7) is 6.91. The van der Waals surface area contributed by atoms with Crippen molar-refractivity contribution in [2.75, 3.05) is 50.2 Å². The summed E-state index contributed by atoms with van der Waals surface area (Å²) in [5.41, 5.74) is 10.6. The Hall–Kier alpha value is -4.05. The van der Waals surface area contributed by atoms with Gasteiger partial charge in [-0.1, -0.05) is 23.8 Å². The Morgan fingerprint density at radius 2 is 1.76 bits per heavy atom. The van der Waals surface area contributed by atoms with Crippen LogP contribution in [0.15, 0.2) is 42.5 Å². The molecule has 2 amide bonds. The molecule has 10 heteroatoms. The van der Waals surface area contributed by atoms with Gasteiger partial charge in [0.05, 0.1) is 6.54 Å². The molecule has 3 aliphatic heterocycles. The van der Waals surface area contributed by atoms with Crippen LogP contribution in [0.1, 0.15) is 33.6 Å². The van der Waals surface area contributed by atoms with Gasteiger partial charge < -0.3 is 25.0 Å². The lowest BCUT2D eigenvalue weighted by Crippen LogP contribution is -2.48. The Balaban J connectivity index is 1.05. The molecule has 2 aromatic carbocycles. The Morgan fingerprint density at radius 1 is 1.00 bits per heavy atom. The maximum absolute atomic E-state index is 13.4. The van der Waals surface area contributed by atoms with Crippen LogP contribution in [0.25, 0.3) is 0 Å². The van der Waals surface area contributed by atoms with Crippen molar-refractivity contribution in [3.63, 3.8) is 0 Å². The monoisotopic (exact) mass is 516 g/mol. The van der Waals surface area contributed by atoms with E-state index < -0.39 is 0 Å². The lowest BCUT2D eigenvalue weighted by Gasteiger charge is -2.35. The second-order valence-electron chi connectivity index (χ2n) is 10.1. The van der Waals surface area contributed by atoms with E-state index in [1.54, 1.807) is 9.58 Å². The lowest BCUT2D eigenvalue weighted by molar-refractivity contribution is -0.133. The van der Waals surface area contributed by atoms with Crippen LogP contribution in [0, 0.1) is 6.92 Å². The second kappa shape index (κ2) is 10.0. The van der Waals surface area contributed by atoms with Gasteiger partial charge in [0.15, 0.2) is 11.5 Å². The quantitative estimate of drug-likeness (QED) is 0.536. The maximum atomic E-state index is 13.4. The van der Waals surface area contributed by atoms with Crippen LogP contribution in [0.4, 0.5) is 11.5 Å². The highest BCUT2D eigenvalue weighted by Gasteiger charge is 2.32. The summed E-state index contributed by atoms with van der Waals surface area (Å²) in [5.74, 6) is 1.90. The average molecular weight is 517 g/mol. The molecule has 0 atom stereocenters. The highest BCUT2D eigenvalue weighted by molar-refractivity contribution is 6.07. The highest BCUT2D eigenvalue weighted by atomic mass is 16.7. The standard InChI is InChI=1S/C28H32N6O4/c1-19-2-5-21(6-3-19)33-10-8-22-26(28(33)36)34(30-27(22)29)11-9-25(35)32-14-12-31(13-15-32)17-20-4-7-23-24(16-20)38-18-37-23/h2-7,16H,8-15,17-18H2,1H3,(H2,29,30). The largest absolute Gasteiger partial charge is 0.454 e. The number of aryl methyl sites for hydroxylation is 2. The second-order valence-corrected chi connectivity index (χ2v) is 10.1. The van der Waals surface area contributed by atoms with E-state index in [4.69, 9.17) is 15.2 Å². The van der Waals surface area contributed by atoms with Gasteiger partial charge >= 0.3 is 0 Å². The molecule has 1 saturated heterocycles. The number of anilines is 2. The van der Waals surface area contributed by atoms with Crippen molar-refractivity contribution in [3.05, 3.63) is 64.8 Å². The number of nitrogens with zero attached hydrogens (tertiary/aromatic N) is 5. The van der Waals surface area contributed by atoms with Crippen molar-refractivity contribution in [1.82, 2.24) is 19.6 Å². The predicted octanol–water partition coefficient (Wildman–Crippen LogP) is 2.44. The van der Waals surface area contributed by atoms with Gasteiger partial charge in [0.25, 0.3) is 5.91 Å². The van der Waals surface area contributed by atoms with Crippen LogP contribution in [0.5, 0.6) is 11.5 Å². The van der Waals surface area contributed by atoms with E-state index in [1.807, 2.05) is 48.2 Å². The zero-order chi connectivity index (χ0) is 26.2. The Labute approximate surface area is 221 Å². The van der Waals surface area contributed by atoms with E-state index in [0.29, 0.717) is 44.1 Å². The predicted molar refractivity (Wildman–Crippen MR) is 142 cm³/mol.